The minimum absolute atomic E-state index is 0.739. The molecule has 0 amide bonds. The average molecular weight is 255 g/mol. The summed E-state index contributed by atoms with van der Waals surface area (Å²) in [4.78, 5) is 0. The van der Waals surface area contributed by atoms with Crippen molar-refractivity contribution < 1.29 is 0 Å². The molecule has 1 saturated carbocycles. The van der Waals surface area contributed by atoms with E-state index in [0.29, 0.717) is 0 Å². The van der Waals surface area contributed by atoms with E-state index < -0.39 is 0 Å². The van der Waals surface area contributed by atoms with Crippen molar-refractivity contribution in [3.63, 3.8) is 0 Å². The van der Waals surface area contributed by atoms with Crippen molar-refractivity contribution in [2.24, 2.45) is 0 Å². The Morgan fingerprint density at radius 2 is 1.89 bits per heavy atom. The van der Waals surface area contributed by atoms with Gasteiger partial charge in [0.05, 0.1) is 11.9 Å². The van der Waals surface area contributed by atoms with Gasteiger partial charge in [-0.25, -0.2) is 4.68 Å². The van der Waals surface area contributed by atoms with Gasteiger partial charge in [0, 0.05) is 23.8 Å². The van der Waals surface area contributed by atoms with Crippen molar-refractivity contribution in [3.8, 4) is 5.69 Å². The van der Waals surface area contributed by atoms with Crippen LogP contribution in [0.5, 0.6) is 0 Å². The van der Waals surface area contributed by atoms with Crippen LogP contribution in [0.15, 0.2) is 24.4 Å². The standard InChI is InChI=1S/C16H21N3/c1-11-5-4-6-12(2)16(11)19-13(3)14(10-18-19)9-17-15-7-8-15/h4-6,10,15,17H,7-9H2,1-3H3. The monoisotopic (exact) mass is 255 g/mol. The minimum atomic E-state index is 0.739. The van der Waals surface area contributed by atoms with Crippen LogP contribution in [0.25, 0.3) is 5.69 Å². The highest BCUT2D eigenvalue weighted by molar-refractivity contribution is 5.47. The largest absolute Gasteiger partial charge is 0.310 e. The van der Waals surface area contributed by atoms with E-state index >= 15 is 0 Å². The van der Waals surface area contributed by atoms with Crippen LogP contribution in [0.3, 0.4) is 0 Å². The molecule has 0 atom stereocenters. The summed E-state index contributed by atoms with van der Waals surface area (Å²) in [5.41, 5.74) is 6.30. The Morgan fingerprint density at radius 3 is 2.53 bits per heavy atom. The number of benzene rings is 1. The molecule has 0 saturated heterocycles. The molecule has 0 spiro atoms. The molecular formula is C16H21N3. The second kappa shape index (κ2) is 4.82. The van der Waals surface area contributed by atoms with Gasteiger partial charge in [-0.3, -0.25) is 0 Å². The molecule has 0 aliphatic heterocycles. The quantitative estimate of drug-likeness (QED) is 0.910. The molecule has 3 nitrogen and oxygen atoms in total. The highest BCUT2D eigenvalue weighted by Crippen LogP contribution is 2.23. The third-order valence-electron chi connectivity index (χ3n) is 3.92. The van der Waals surface area contributed by atoms with Crippen molar-refractivity contribution in [2.45, 2.75) is 46.2 Å². The Bertz CT molecular complexity index is 574. The first-order valence-corrected chi connectivity index (χ1v) is 7.00. The summed E-state index contributed by atoms with van der Waals surface area (Å²) in [6.07, 6.45) is 4.64. The topological polar surface area (TPSA) is 29.9 Å². The summed E-state index contributed by atoms with van der Waals surface area (Å²) in [7, 11) is 0. The van der Waals surface area contributed by atoms with Gasteiger partial charge < -0.3 is 5.32 Å². The molecule has 1 N–H and O–H groups in total. The number of nitrogens with one attached hydrogen (secondary N) is 1. The lowest BCUT2D eigenvalue weighted by molar-refractivity contribution is 0.684. The number of aromatic nitrogens is 2. The number of para-hydroxylation sites is 1. The molecule has 1 heterocycles. The zero-order valence-electron chi connectivity index (χ0n) is 11.9. The number of rotatable bonds is 4. The summed E-state index contributed by atoms with van der Waals surface area (Å²) in [5, 5.41) is 8.14. The van der Waals surface area contributed by atoms with Gasteiger partial charge in [-0.2, -0.15) is 5.10 Å². The van der Waals surface area contributed by atoms with Gasteiger partial charge in [0.2, 0.25) is 0 Å². The van der Waals surface area contributed by atoms with Crippen LogP contribution in [0.1, 0.15) is 35.2 Å². The first-order valence-electron chi connectivity index (χ1n) is 7.00. The van der Waals surface area contributed by atoms with E-state index in [4.69, 9.17) is 0 Å². The van der Waals surface area contributed by atoms with Gasteiger partial charge in [0.15, 0.2) is 0 Å². The van der Waals surface area contributed by atoms with Gasteiger partial charge in [-0.15, -0.1) is 0 Å². The van der Waals surface area contributed by atoms with E-state index in [0.717, 1.165) is 12.6 Å². The lowest BCUT2D eigenvalue weighted by Crippen LogP contribution is -2.15. The van der Waals surface area contributed by atoms with Crippen LogP contribution in [0, 0.1) is 20.8 Å². The van der Waals surface area contributed by atoms with E-state index in [1.165, 1.54) is 40.9 Å². The van der Waals surface area contributed by atoms with Crippen LogP contribution in [-0.4, -0.2) is 15.8 Å². The second-order valence-corrected chi connectivity index (χ2v) is 5.56. The van der Waals surface area contributed by atoms with Crippen molar-refractivity contribution in [1.29, 1.82) is 0 Å². The minimum Gasteiger partial charge on any atom is -0.310 e. The Kier molecular flexibility index (Phi) is 3.15. The highest BCUT2D eigenvalue weighted by Gasteiger charge is 2.21. The van der Waals surface area contributed by atoms with Gasteiger partial charge in [-0.1, -0.05) is 18.2 Å². The molecule has 0 unspecified atom stereocenters. The van der Waals surface area contributed by atoms with Crippen molar-refractivity contribution in [3.05, 3.63) is 46.8 Å². The fraction of sp³-hybridized carbons (Fsp3) is 0.438. The molecule has 3 heteroatoms. The summed E-state index contributed by atoms with van der Waals surface area (Å²) in [6.45, 7) is 7.38. The number of aryl methyl sites for hydroxylation is 2. The third-order valence-corrected chi connectivity index (χ3v) is 3.92. The molecule has 1 aromatic heterocycles. The maximum absolute atomic E-state index is 4.58. The fourth-order valence-electron chi connectivity index (χ4n) is 2.52. The summed E-state index contributed by atoms with van der Waals surface area (Å²) < 4.78 is 2.08. The van der Waals surface area contributed by atoms with E-state index in [2.05, 4.69) is 54.1 Å². The van der Waals surface area contributed by atoms with E-state index in [9.17, 15) is 0 Å². The zero-order chi connectivity index (χ0) is 13.4. The molecule has 2 aromatic rings. The molecule has 1 aliphatic carbocycles. The normalized spacial score (nSPS) is 14.9. The molecule has 1 aromatic carbocycles. The lowest BCUT2D eigenvalue weighted by atomic mass is 10.1. The summed E-state index contributed by atoms with van der Waals surface area (Å²) >= 11 is 0. The van der Waals surface area contributed by atoms with Gasteiger partial charge >= 0.3 is 0 Å². The Morgan fingerprint density at radius 1 is 1.21 bits per heavy atom. The molecular weight excluding hydrogens is 234 g/mol. The van der Waals surface area contributed by atoms with Crippen LogP contribution in [-0.2, 0) is 6.54 Å². The molecule has 3 rings (SSSR count). The SMILES string of the molecule is Cc1cccc(C)c1-n1ncc(CNC2CC2)c1C. The molecule has 1 aliphatic rings. The van der Waals surface area contributed by atoms with Gasteiger partial charge in [-0.05, 0) is 44.7 Å². The van der Waals surface area contributed by atoms with E-state index in [-0.39, 0.29) is 0 Å². The summed E-state index contributed by atoms with van der Waals surface area (Å²) in [6, 6.07) is 7.13. The first kappa shape index (κ1) is 12.4. The Labute approximate surface area is 114 Å². The van der Waals surface area contributed by atoms with Crippen LogP contribution >= 0.6 is 0 Å². The van der Waals surface area contributed by atoms with E-state index in [1.54, 1.807) is 0 Å². The van der Waals surface area contributed by atoms with Crippen LogP contribution < -0.4 is 5.32 Å². The van der Waals surface area contributed by atoms with Gasteiger partial charge in [0.25, 0.3) is 0 Å². The number of nitrogens with zero attached hydrogens (tertiary/aromatic N) is 2. The zero-order valence-corrected chi connectivity index (χ0v) is 11.9. The van der Waals surface area contributed by atoms with Crippen LogP contribution in [0.2, 0.25) is 0 Å². The third kappa shape index (κ3) is 2.43. The Hall–Kier alpha value is -1.61. The predicted octanol–water partition coefficient (Wildman–Crippen LogP) is 3.05. The molecule has 19 heavy (non-hydrogen) atoms. The Balaban J connectivity index is 1.92. The maximum atomic E-state index is 4.58. The number of hydrogen-bond donors (Lipinski definition) is 1. The van der Waals surface area contributed by atoms with Crippen molar-refractivity contribution >= 4 is 0 Å². The first-order chi connectivity index (χ1) is 9.16. The van der Waals surface area contributed by atoms with E-state index in [1.807, 2.05) is 6.20 Å². The molecule has 100 valence electrons. The lowest BCUT2D eigenvalue weighted by Gasteiger charge is -2.12. The number of hydrogen-bond acceptors (Lipinski definition) is 2. The average Bonchev–Trinajstić information content (AvgIpc) is 3.13. The predicted molar refractivity (Wildman–Crippen MR) is 77.6 cm³/mol. The van der Waals surface area contributed by atoms with Crippen LogP contribution in [0.4, 0.5) is 0 Å². The molecule has 0 bridgehead atoms. The second-order valence-electron chi connectivity index (χ2n) is 5.56. The van der Waals surface area contributed by atoms with Gasteiger partial charge in [0.1, 0.15) is 0 Å². The maximum Gasteiger partial charge on any atom is 0.0707 e. The molecule has 0 radical (unpaired) electrons. The summed E-state index contributed by atoms with van der Waals surface area (Å²) in [5.74, 6) is 0. The van der Waals surface area contributed by atoms with Crippen molar-refractivity contribution in [1.82, 2.24) is 15.1 Å². The molecule has 1 fully saturated rings. The smallest absolute Gasteiger partial charge is 0.0707 e. The van der Waals surface area contributed by atoms with Crippen molar-refractivity contribution in [2.75, 3.05) is 0 Å². The fourth-order valence-corrected chi connectivity index (χ4v) is 2.52. The highest BCUT2D eigenvalue weighted by atomic mass is 15.3.